The molecule has 1 unspecified atom stereocenters. The van der Waals surface area contributed by atoms with E-state index in [4.69, 9.17) is 0 Å². The number of benzene rings is 1. The number of hydrogen-bond acceptors (Lipinski definition) is 2. The predicted molar refractivity (Wildman–Crippen MR) is 82.4 cm³/mol. The Bertz CT molecular complexity index is 513. The van der Waals surface area contributed by atoms with Crippen LogP contribution < -0.4 is 5.32 Å². The summed E-state index contributed by atoms with van der Waals surface area (Å²) in [5.41, 5.74) is 1.44. The highest BCUT2D eigenvalue weighted by Crippen LogP contribution is 2.41. The summed E-state index contributed by atoms with van der Waals surface area (Å²) in [6.07, 6.45) is 3.89. The van der Waals surface area contributed by atoms with E-state index in [1.165, 1.54) is 28.2 Å². The van der Waals surface area contributed by atoms with Crippen molar-refractivity contribution in [1.29, 1.82) is 0 Å². The van der Waals surface area contributed by atoms with Crippen LogP contribution in [0.15, 0.2) is 42.5 Å². The van der Waals surface area contributed by atoms with Crippen molar-refractivity contribution in [2.45, 2.75) is 38.8 Å². The number of rotatable bonds is 6. The minimum atomic E-state index is 0.536. The monoisotopic (exact) mass is 271 g/mol. The molecule has 1 N–H and O–H groups in total. The molecule has 0 aliphatic heterocycles. The maximum absolute atomic E-state index is 3.76. The molecule has 1 heterocycles. The van der Waals surface area contributed by atoms with Gasteiger partial charge in [0.1, 0.15) is 0 Å². The Morgan fingerprint density at radius 3 is 2.47 bits per heavy atom. The standard InChI is InChI=1S/C17H21NS/c1-2-15-10-11-16(19-15)12-18-17(14-8-9-14)13-6-4-3-5-7-13/h3-7,10-11,14,17-18H,2,8-9,12H2,1H3. The summed E-state index contributed by atoms with van der Waals surface area (Å²) in [6.45, 7) is 3.22. The van der Waals surface area contributed by atoms with Crippen molar-refractivity contribution in [2.24, 2.45) is 5.92 Å². The molecule has 19 heavy (non-hydrogen) atoms. The van der Waals surface area contributed by atoms with Crippen LogP contribution in [0.5, 0.6) is 0 Å². The van der Waals surface area contributed by atoms with E-state index in [0.717, 1.165) is 18.9 Å². The van der Waals surface area contributed by atoms with Gasteiger partial charge in [0.05, 0.1) is 0 Å². The fourth-order valence-electron chi connectivity index (χ4n) is 2.56. The smallest absolute Gasteiger partial charge is 0.0351 e. The molecule has 1 fully saturated rings. The molecule has 1 saturated carbocycles. The number of thiophene rings is 1. The summed E-state index contributed by atoms with van der Waals surface area (Å²) in [4.78, 5) is 2.94. The first-order valence-corrected chi connectivity index (χ1v) is 8.04. The van der Waals surface area contributed by atoms with Crippen LogP contribution >= 0.6 is 11.3 Å². The third kappa shape index (κ3) is 3.26. The molecule has 1 aliphatic rings. The maximum atomic E-state index is 3.76. The molecule has 0 saturated heterocycles. The molecule has 1 aromatic heterocycles. The fourth-order valence-corrected chi connectivity index (χ4v) is 3.47. The molecule has 1 aliphatic carbocycles. The van der Waals surface area contributed by atoms with Crippen LogP contribution in [-0.2, 0) is 13.0 Å². The Morgan fingerprint density at radius 1 is 1.11 bits per heavy atom. The van der Waals surface area contributed by atoms with Gasteiger partial charge in [-0.15, -0.1) is 11.3 Å². The van der Waals surface area contributed by atoms with E-state index < -0.39 is 0 Å². The topological polar surface area (TPSA) is 12.0 Å². The van der Waals surface area contributed by atoms with Crippen molar-refractivity contribution < 1.29 is 0 Å². The second kappa shape index (κ2) is 5.89. The molecule has 2 aromatic rings. The largest absolute Gasteiger partial charge is 0.305 e. The van der Waals surface area contributed by atoms with Crippen LogP contribution in [0.25, 0.3) is 0 Å². The van der Waals surface area contributed by atoms with Gasteiger partial charge in [-0.2, -0.15) is 0 Å². The van der Waals surface area contributed by atoms with E-state index in [2.05, 4.69) is 54.7 Å². The van der Waals surface area contributed by atoms with Crippen molar-refractivity contribution in [3.8, 4) is 0 Å². The van der Waals surface area contributed by atoms with Gasteiger partial charge in [-0.1, -0.05) is 37.3 Å². The van der Waals surface area contributed by atoms with E-state index in [0.29, 0.717) is 6.04 Å². The lowest BCUT2D eigenvalue weighted by molar-refractivity contribution is 0.483. The molecule has 3 rings (SSSR count). The highest BCUT2D eigenvalue weighted by molar-refractivity contribution is 7.11. The van der Waals surface area contributed by atoms with Crippen LogP contribution in [-0.4, -0.2) is 0 Å². The third-order valence-electron chi connectivity index (χ3n) is 3.81. The lowest BCUT2D eigenvalue weighted by Crippen LogP contribution is -2.22. The quantitative estimate of drug-likeness (QED) is 0.812. The Kier molecular flexibility index (Phi) is 4.00. The van der Waals surface area contributed by atoms with E-state index in [1.807, 2.05) is 11.3 Å². The van der Waals surface area contributed by atoms with Gasteiger partial charge in [-0.05, 0) is 42.9 Å². The van der Waals surface area contributed by atoms with Crippen molar-refractivity contribution in [3.63, 3.8) is 0 Å². The Labute approximate surface area is 119 Å². The SMILES string of the molecule is CCc1ccc(CNC(c2ccccc2)C2CC2)s1. The van der Waals surface area contributed by atoms with Crippen molar-refractivity contribution in [1.82, 2.24) is 5.32 Å². The van der Waals surface area contributed by atoms with E-state index in [-0.39, 0.29) is 0 Å². The van der Waals surface area contributed by atoms with Gasteiger partial charge in [0.25, 0.3) is 0 Å². The first-order valence-electron chi connectivity index (χ1n) is 7.22. The summed E-state index contributed by atoms with van der Waals surface area (Å²) in [6, 6.07) is 16.0. The third-order valence-corrected chi connectivity index (χ3v) is 5.04. The van der Waals surface area contributed by atoms with Crippen molar-refractivity contribution >= 4 is 11.3 Å². The average molecular weight is 271 g/mol. The van der Waals surface area contributed by atoms with Gasteiger partial charge in [0.2, 0.25) is 0 Å². The second-order valence-corrected chi connectivity index (χ2v) is 6.58. The van der Waals surface area contributed by atoms with Crippen molar-refractivity contribution in [3.05, 3.63) is 57.8 Å². The van der Waals surface area contributed by atoms with E-state index in [1.54, 1.807) is 0 Å². The number of hydrogen-bond donors (Lipinski definition) is 1. The van der Waals surface area contributed by atoms with Gasteiger partial charge in [0, 0.05) is 22.3 Å². The molecule has 1 nitrogen and oxygen atoms in total. The van der Waals surface area contributed by atoms with Crippen LogP contribution in [0.4, 0.5) is 0 Å². The highest BCUT2D eigenvalue weighted by Gasteiger charge is 2.31. The van der Waals surface area contributed by atoms with Crippen LogP contribution in [0, 0.1) is 5.92 Å². The lowest BCUT2D eigenvalue weighted by atomic mass is 10.0. The maximum Gasteiger partial charge on any atom is 0.0351 e. The number of nitrogens with one attached hydrogen (secondary N) is 1. The molecule has 2 heteroatoms. The van der Waals surface area contributed by atoms with Gasteiger partial charge >= 0.3 is 0 Å². The Hall–Kier alpha value is -1.12. The zero-order valence-electron chi connectivity index (χ0n) is 11.4. The Morgan fingerprint density at radius 2 is 1.84 bits per heavy atom. The summed E-state index contributed by atoms with van der Waals surface area (Å²) in [5, 5.41) is 3.76. The van der Waals surface area contributed by atoms with Crippen molar-refractivity contribution in [2.75, 3.05) is 0 Å². The molecule has 0 spiro atoms. The molecule has 0 amide bonds. The van der Waals surface area contributed by atoms with E-state index in [9.17, 15) is 0 Å². The highest BCUT2D eigenvalue weighted by atomic mass is 32.1. The molecule has 1 aromatic carbocycles. The minimum absolute atomic E-state index is 0.536. The minimum Gasteiger partial charge on any atom is -0.305 e. The first kappa shape index (κ1) is 12.9. The molecule has 0 bridgehead atoms. The van der Waals surface area contributed by atoms with Crippen LogP contribution in [0.3, 0.4) is 0 Å². The van der Waals surface area contributed by atoms with Crippen LogP contribution in [0.2, 0.25) is 0 Å². The summed E-state index contributed by atoms with van der Waals surface area (Å²) < 4.78 is 0. The molecule has 100 valence electrons. The zero-order valence-corrected chi connectivity index (χ0v) is 12.2. The summed E-state index contributed by atoms with van der Waals surface area (Å²) >= 11 is 1.94. The predicted octanol–water partition coefficient (Wildman–Crippen LogP) is 4.55. The first-order chi connectivity index (χ1) is 9.36. The lowest BCUT2D eigenvalue weighted by Gasteiger charge is -2.18. The van der Waals surface area contributed by atoms with Gasteiger partial charge in [-0.25, -0.2) is 0 Å². The number of aryl methyl sites for hydroxylation is 1. The summed E-state index contributed by atoms with van der Waals surface area (Å²) in [5.74, 6) is 0.841. The summed E-state index contributed by atoms with van der Waals surface area (Å²) in [7, 11) is 0. The van der Waals surface area contributed by atoms with Gasteiger partial charge in [0.15, 0.2) is 0 Å². The van der Waals surface area contributed by atoms with E-state index >= 15 is 0 Å². The van der Waals surface area contributed by atoms with Gasteiger partial charge < -0.3 is 5.32 Å². The molecular formula is C17H21NS. The normalized spacial score (nSPS) is 16.5. The molecular weight excluding hydrogens is 250 g/mol. The second-order valence-electron chi connectivity index (χ2n) is 5.33. The van der Waals surface area contributed by atoms with Gasteiger partial charge in [-0.3, -0.25) is 0 Å². The fraction of sp³-hybridized carbons (Fsp3) is 0.412. The molecule has 0 radical (unpaired) electrons. The zero-order chi connectivity index (χ0) is 13.1. The van der Waals surface area contributed by atoms with Crippen LogP contribution in [0.1, 0.15) is 41.1 Å². The average Bonchev–Trinajstić information content (AvgIpc) is 3.18. The molecule has 1 atom stereocenters. The Balaban J connectivity index is 1.65.